The Hall–Kier alpha value is -0.950. The molecule has 2 aromatic heterocycles. The van der Waals surface area contributed by atoms with E-state index in [0.717, 1.165) is 17.5 Å². The molecule has 21 heavy (non-hydrogen) atoms. The summed E-state index contributed by atoms with van der Waals surface area (Å²) in [6.45, 7) is 1.82. The fourth-order valence-corrected chi connectivity index (χ4v) is 2.84. The van der Waals surface area contributed by atoms with E-state index in [9.17, 15) is 4.79 Å². The minimum absolute atomic E-state index is 0.133. The number of hydrogen-bond acceptors (Lipinski definition) is 5. The van der Waals surface area contributed by atoms with Crippen LogP contribution in [0.25, 0.3) is 0 Å². The monoisotopic (exact) mass is 365 g/mol. The molecule has 112 valence electrons. The number of carbonyl (C=O) groups is 1. The first-order valence-corrected chi connectivity index (χ1v) is 7.74. The van der Waals surface area contributed by atoms with Crippen LogP contribution in [0.5, 0.6) is 0 Å². The number of amides is 1. The van der Waals surface area contributed by atoms with Gasteiger partial charge in [0.25, 0.3) is 5.91 Å². The van der Waals surface area contributed by atoms with Gasteiger partial charge in [-0.3, -0.25) is 4.79 Å². The average molecular weight is 367 g/mol. The third kappa shape index (κ3) is 4.78. The van der Waals surface area contributed by atoms with Crippen molar-refractivity contribution in [1.29, 1.82) is 0 Å². The number of alkyl halides is 3. The van der Waals surface area contributed by atoms with Gasteiger partial charge in [0, 0.05) is 5.69 Å². The molecule has 0 fully saturated rings. The first-order chi connectivity index (χ1) is 9.86. The summed E-state index contributed by atoms with van der Waals surface area (Å²) >= 11 is 18.9. The third-order valence-corrected chi connectivity index (χ3v) is 4.54. The van der Waals surface area contributed by atoms with Gasteiger partial charge < -0.3 is 9.73 Å². The zero-order valence-electron chi connectivity index (χ0n) is 10.7. The lowest BCUT2D eigenvalue weighted by atomic mass is 10.4. The van der Waals surface area contributed by atoms with Crippen molar-refractivity contribution in [3.63, 3.8) is 0 Å². The largest absolute Gasteiger partial charge is 0.459 e. The Morgan fingerprint density at radius 2 is 2.19 bits per heavy atom. The second-order valence-corrected chi connectivity index (χ2v) is 7.48. The van der Waals surface area contributed by atoms with E-state index in [4.69, 9.17) is 39.2 Å². The Kier molecular flexibility index (Phi) is 5.37. The Balaban J connectivity index is 2.14. The second-order valence-electron chi connectivity index (χ2n) is 3.99. The van der Waals surface area contributed by atoms with E-state index in [2.05, 4.69) is 15.3 Å². The lowest BCUT2D eigenvalue weighted by Gasteiger charge is -2.24. The topological polar surface area (TPSA) is 68.0 Å². The molecule has 2 aromatic rings. The fourth-order valence-electron chi connectivity index (χ4n) is 1.39. The fraction of sp³-hybridized carbons (Fsp3) is 0.250. The van der Waals surface area contributed by atoms with Gasteiger partial charge in [-0.1, -0.05) is 46.6 Å². The van der Waals surface area contributed by atoms with E-state index in [-0.39, 0.29) is 5.76 Å². The van der Waals surface area contributed by atoms with Gasteiger partial charge in [-0.15, -0.1) is 0 Å². The molecule has 1 N–H and O–H groups in total. The number of rotatable bonds is 4. The van der Waals surface area contributed by atoms with Crippen LogP contribution in [0.15, 0.2) is 40.2 Å². The number of nitrogens with zero attached hydrogens (tertiary/aromatic N) is 2. The van der Waals surface area contributed by atoms with Crippen molar-refractivity contribution in [2.75, 3.05) is 0 Å². The van der Waals surface area contributed by atoms with Crippen molar-refractivity contribution in [3.05, 3.63) is 42.2 Å². The number of nitrogens with one attached hydrogen (secondary N) is 1. The highest BCUT2D eigenvalue weighted by molar-refractivity contribution is 8.00. The summed E-state index contributed by atoms with van der Waals surface area (Å²) in [5.41, 5.74) is 0.771. The molecule has 0 radical (unpaired) electrons. The van der Waals surface area contributed by atoms with E-state index in [1.165, 1.54) is 18.7 Å². The van der Waals surface area contributed by atoms with E-state index in [1.807, 2.05) is 6.92 Å². The summed E-state index contributed by atoms with van der Waals surface area (Å²) in [4.78, 5) is 20.0. The molecule has 0 saturated heterocycles. The number of thioether (sulfide) groups is 1. The summed E-state index contributed by atoms with van der Waals surface area (Å²) in [6.07, 6.45) is 2.79. The lowest BCUT2D eigenvalue weighted by molar-refractivity contribution is 0.0922. The quantitative estimate of drug-likeness (QED) is 0.387. The molecule has 0 aliphatic carbocycles. The zero-order valence-corrected chi connectivity index (χ0v) is 13.8. The smallest absolute Gasteiger partial charge is 0.287 e. The van der Waals surface area contributed by atoms with Gasteiger partial charge in [0.05, 0.1) is 6.26 Å². The van der Waals surface area contributed by atoms with E-state index >= 15 is 0 Å². The number of carbonyl (C=O) groups excluding carboxylic acids is 1. The molecule has 0 aliphatic heterocycles. The van der Waals surface area contributed by atoms with Gasteiger partial charge in [0.15, 0.2) is 5.76 Å². The summed E-state index contributed by atoms with van der Waals surface area (Å²) in [5.74, 6) is -0.344. The standard InChI is InChI=1S/C12H10Cl3N3O2S/c1-7-5-9(17-6-16-7)21-11(12(13,14)15)18-10(19)8-3-2-4-20-8/h2-6,11H,1H3,(H,18,19)/t11-/m0/s1. The molecule has 1 amide bonds. The van der Waals surface area contributed by atoms with Crippen LogP contribution in [-0.2, 0) is 0 Å². The maximum atomic E-state index is 12.0. The summed E-state index contributed by atoms with van der Waals surface area (Å²) < 4.78 is 3.29. The Bertz CT molecular complexity index is 616. The van der Waals surface area contributed by atoms with Gasteiger partial charge >= 0.3 is 0 Å². The van der Waals surface area contributed by atoms with Crippen molar-refractivity contribution >= 4 is 52.5 Å². The predicted octanol–water partition coefficient (Wildman–Crippen LogP) is 3.60. The van der Waals surface area contributed by atoms with Crippen molar-refractivity contribution in [3.8, 4) is 0 Å². The van der Waals surface area contributed by atoms with Gasteiger partial charge in [-0.25, -0.2) is 9.97 Å². The number of hydrogen-bond donors (Lipinski definition) is 1. The summed E-state index contributed by atoms with van der Waals surface area (Å²) in [5, 5.41) is 2.34. The molecule has 1 atom stereocenters. The second kappa shape index (κ2) is 6.87. The van der Waals surface area contributed by atoms with Crippen molar-refractivity contribution in [2.24, 2.45) is 0 Å². The Morgan fingerprint density at radius 1 is 1.43 bits per heavy atom. The highest BCUT2D eigenvalue weighted by Crippen LogP contribution is 2.38. The Labute approximate surface area is 140 Å². The minimum Gasteiger partial charge on any atom is -0.459 e. The molecular weight excluding hydrogens is 357 g/mol. The molecule has 0 saturated carbocycles. The number of furan rings is 1. The molecule has 2 rings (SSSR count). The molecule has 5 nitrogen and oxygen atoms in total. The molecule has 2 heterocycles. The number of aryl methyl sites for hydroxylation is 1. The van der Waals surface area contributed by atoms with Crippen LogP contribution in [0.4, 0.5) is 0 Å². The van der Waals surface area contributed by atoms with Crippen LogP contribution in [0.2, 0.25) is 0 Å². The van der Waals surface area contributed by atoms with Crippen molar-refractivity contribution in [2.45, 2.75) is 21.1 Å². The lowest BCUT2D eigenvalue weighted by Crippen LogP contribution is -2.41. The maximum Gasteiger partial charge on any atom is 0.287 e. The summed E-state index contributed by atoms with van der Waals surface area (Å²) in [6, 6.07) is 4.84. The van der Waals surface area contributed by atoms with E-state index in [1.54, 1.807) is 12.1 Å². The molecule has 0 aliphatic rings. The maximum absolute atomic E-state index is 12.0. The first kappa shape index (κ1) is 16.4. The van der Waals surface area contributed by atoms with Crippen LogP contribution >= 0.6 is 46.6 Å². The molecule has 9 heteroatoms. The van der Waals surface area contributed by atoms with Crippen LogP contribution in [0.1, 0.15) is 16.2 Å². The average Bonchev–Trinajstić information content (AvgIpc) is 2.90. The van der Waals surface area contributed by atoms with Crippen LogP contribution in [0.3, 0.4) is 0 Å². The third-order valence-electron chi connectivity index (χ3n) is 2.32. The number of aromatic nitrogens is 2. The normalized spacial score (nSPS) is 13.0. The van der Waals surface area contributed by atoms with Crippen LogP contribution in [-0.4, -0.2) is 25.0 Å². The predicted molar refractivity (Wildman–Crippen MR) is 82.9 cm³/mol. The van der Waals surface area contributed by atoms with Crippen molar-refractivity contribution in [1.82, 2.24) is 15.3 Å². The first-order valence-electron chi connectivity index (χ1n) is 5.72. The SMILES string of the molecule is Cc1cc(S[C@H](NC(=O)c2ccco2)C(Cl)(Cl)Cl)ncn1. The van der Waals surface area contributed by atoms with Gasteiger partial charge in [0.1, 0.15) is 16.7 Å². The highest BCUT2D eigenvalue weighted by atomic mass is 35.6. The van der Waals surface area contributed by atoms with Crippen molar-refractivity contribution < 1.29 is 9.21 Å². The minimum atomic E-state index is -1.72. The van der Waals surface area contributed by atoms with Crippen LogP contribution < -0.4 is 5.32 Å². The van der Waals surface area contributed by atoms with Gasteiger partial charge in [-0.2, -0.15) is 0 Å². The number of halogens is 3. The van der Waals surface area contributed by atoms with Crippen LogP contribution in [0, 0.1) is 6.92 Å². The van der Waals surface area contributed by atoms with E-state index < -0.39 is 15.1 Å². The molecule has 0 spiro atoms. The Morgan fingerprint density at radius 3 is 2.76 bits per heavy atom. The van der Waals surface area contributed by atoms with Gasteiger partial charge in [0.2, 0.25) is 3.79 Å². The zero-order chi connectivity index (χ0) is 15.5. The van der Waals surface area contributed by atoms with E-state index in [0.29, 0.717) is 5.03 Å². The highest BCUT2D eigenvalue weighted by Gasteiger charge is 2.35. The molecular formula is C12H10Cl3N3O2S. The molecule has 0 unspecified atom stereocenters. The molecule has 0 aromatic carbocycles. The molecule has 0 bridgehead atoms. The van der Waals surface area contributed by atoms with Gasteiger partial charge in [-0.05, 0) is 25.1 Å². The summed E-state index contributed by atoms with van der Waals surface area (Å²) in [7, 11) is 0.